The predicted octanol–water partition coefficient (Wildman–Crippen LogP) is 0.991. The van der Waals surface area contributed by atoms with Crippen molar-refractivity contribution in [3.05, 3.63) is 35.4 Å². The Bertz CT molecular complexity index is 584. The monoisotopic (exact) mass is 276 g/mol. The van der Waals surface area contributed by atoms with E-state index in [9.17, 15) is 14.7 Å². The van der Waals surface area contributed by atoms with E-state index in [0.29, 0.717) is 5.56 Å². The molecule has 0 unspecified atom stereocenters. The zero-order valence-corrected chi connectivity index (χ0v) is 11.3. The molecule has 2 amide bonds. The van der Waals surface area contributed by atoms with Gasteiger partial charge in [-0.2, -0.15) is 0 Å². The molecule has 1 aromatic carbocycles. The Morgan fingerprint density at radius 1 is 1.16 bits per heavy atom. The summed E-state index contributed by atoms with van der Waals surface area (Å²) in [7, 11) is 3.04. The van der Waals surface area contributed by atoms with Gasteiger partial charge in [-0.15, -0.1) is 0 Å². The van der Waals surface area contributed by atoms with E-state index in [0.717, 1.165) is 0 Å². The molecular weight excluding hydrogens is 264 g/mol. The summed E-state index contributed by atoms with van der Waals surface area (Å²) < 4.78 is 0. The largest absolute Gasteiger partial charge is 0.508 e. The first-order valence-electron chi connectivity index (χ1n) is 5.52. The van der Waals surface area contributed by atoms with Gasteiger partial charge in [-0.25, -0.2) is 0 Å². The van der Waals surface area contributed by atoms with E-state index in [2.05, 4.69) is 0 Å². The van der Waals surface area contributed by atoms with Crippen LogP contribution in [-0.4, -0.2) is 45.9 Å². The van der Waals surface area contributed by atoms with Crippen LogP contribution in [0, 0.1) is 0 Å². The molecule has 5 nitrogen and oxygen atoms in total. The van der Waals surface area contributed by atoms with Crippen molar-refractivity contribution in [2.45, 2.75) is 0 Å². The minimum absolute atomic E-state index is 0.0178. The maximum atomic E-state index is 12.0. The topological polar surface area (TPSA) is 60.9 Å². The average Bonchev–Trinajstić information content (AvgIpc) is 2.39. The van der Waals surface area contributed by atoms with Crippen molar-refractivity contribution in [3.8, 4) is 5.75 Å². The number of carbonyl (C=O) groups is 2. The van der Waals surface area contributed by atoms with Gasteiger partial charge in [0.15, 0.2) is 5.11 Å². The van der Waals surface area contributed by atoms with Crippen molar-refractivity contribution in [2.75, 3.05) is 14.1 Å². The minimum Gasteiger partial charge on any atom is -0.508 e. The van der Waals surface area contributed by atoms with Gasteiger partial charge in [-0.05, 0) is 36.0 Å². The van der Waals surface area contributed by atoms with Gasteiger partial charge < -0.3 is 5.11 Å². The number of rotatable bonds is 1. The highest BCUT2D eigenvalue weighted by Gasteiger charge is 2.35. The molecule has 0 spiro atoms. The number of phenolic OH excluding ortho intramolecular Hbond substituents is 1. The number of hydrogen-bond acceptors (Lipinski definition) is 4. The minimum atomic E-state index is -0.448. The first kappa shape index (κ1) is 13.2. The van der Waals surface area contributed by atoms with Gasteiger partial charge in [0.1, 0.15) is 11.3 Å². The van der Waals surface area contributed by atoms with E-state index in [4.69, 9.17) is 12.2 Å². The van der Waals surface area contributed by atoms with Crippen molar-refractivity contribution in [3.63, 3.8) is 0 Å². The molecule has 0 aromatic heterocycles. The highest BCUT2D eigenvalue weighted by molar-refractivity contribution is 7.80. The Hall–Kier alpha value is -2.21. The number of aromatic hydroxyl groups is 1. The summed E-state index contributed by atoms with van der Waals surface area (Å²) in [6, 6.07) is 6.32. The van der Waals surface area contributed by atoms with Gasteiger partial charge in [-0.3, -0.25) is 19.4 Å². The molecule has 1 aromatic rings. The molecule has 1 heterocycles. The third kappa shape index (κ3) is 2.34. The van der Waals surface area contributed by atoms with E-state index in [1.807, 2.05) is 0 Å². The van der Waals surface area contributed by atoms with Crippen LogP contribution in [0.25, 0.3) is 6.08 Å². The Morgan fingerprint density at radius 3 is 2.26 bits per heavy atom. The average molecular weight is 276 g/mol. The molecule has 1 aliphatic rings. The summed E-state index contributed by atoms with van der Waals surface area (Å²) in [6.45, 7) is 0. The normalized spacial score (nSPS) is 16.1. The number of thiocarbonyl (C=S) groups is 1. The van der Waals surface area contributed by atoms with Crippen molar-refractivity contribution in [1.29, 1.82) is 0 Å². The third-order valence-corrected chi connectivity index (χ3v) is 3.37. The lowest BCUT2D eigenvalue weighted by molar-refractivity contribution is -0.132. The number of carbonyl (C=O) groups excluding carboxylic acids is 2. The quantitative estimate of drug-likeness (QED) is 0.472. The van der Waals surface area contributed by atoms with E-state index < -0.39 is 11.8 Å². The number of phenols is 1. The molecule has 1 aliphatic heterocycles. The van der Waals surface area contributed by atoms with E-state index in [1.54, 1.807) is 12.1 Å². The summed E-state index contributed by atoms with van der Waals surface area (Å²) in [5.74, 6) is -0.824. The molecule has 1 saturated heterocycles. The van der Waals surface area contributed by atoms with Crippen LogP contribution in [0.3, 0.4) is 0 Å². The first-order valence-corrected chi connectivity index (χ1v) is 5.93. The summed E-state index contributed by atoms with van der Waals surface area (Å²) in [4.78, 5) is 26.6. The molecule has 0 radical (unpaired) electrons. The maximum absolute atomic E-state index is 12.0. The number of nitrogens with zero attached hydrogens (tertiary/aromatic N) is 2. The van der Waals surface area contributed by atoms with Crippen molar-refractivity contribution >= 4 is 35.2 Å². The van der Waals surface area contributed by atoms with Crippen molar-refractivity contribution in [1.82, 2.24) is 9.80 Å². The molecule has 0 bridgehead atoms. The predicted molar refractivity (Wildman–Crippen MR) is 74.2 cm³/mol. The van der Waals surface area contributed by atoms with Crippen LogP contribution in [0.15, 0.2) is 29.8 Å². The molecule has 98 valence electrons. The van der Waals surface area contributed by atoms with E-state index in [1.165, 1.54) is 42.1 Å². The SMILES string of the molecule is CN1C(=O)C(=Cc2cccc(O)c2)C(=O)N(C)C1=S. The Labute approximate surface area is 115 Å². The molecule has 19 heavy (non-hydrogen) atoms. The Morgan fingerprint density at radius 2 is 1.74 bits per heavy atom. The Kier molecular flexibility index (Phi) is 3.35. The van der Waals surface area contributed by atoms with Crippen molar-refractivity contribution < 1.29 is 14.7 Å². The van der Waals surface area contributed by atoms with Gasteiger partial charge in [0, 0.05) is 14.1 Å². The van der Waals surface area contributed by atoms with Gasteiger partial charge in [0.05, 0.1) is 0 Å². The summed E-state index contributed by atoms with van der Waals surface area (Å²) in [6.07, 6.45) is 1.44. The van der Waals surface area contributed by atoms with Crippen LogP contribution in [0.1, 0.15) is 5.56 Å². The smallest absolute Gasteiger partial charge is 0.265 e. The summed E-state index contributed by atoms with van der Waals surface area (Å²) >= 11 is 4.99. The standard InChI is InChI=1S/C13H12N2O3S/c1-14-11(17)10(12(18)15(2)13(14)19)7-8-4-3-5-9(16)6-8/h3-7,16H,1-2H3. The second kappa shape index (κ2) is 4.81. The molecule has 0 saturated carbocycles. The molecule has 0 aliphatic carbocycles. The Balaban J connectivity index is 2.45. The third-order valence-electron chi connectivity index (χ3n) is 2.83. The van der Waals surface area contributed by atoms with Gasteiger partial charge in [0.25, 0.3) is 11.8 Å². The van der Waals surface area contributed by atoms with Gasteiger partial charge in [0.2, 0.25) is 0 Å². The first-order chi connectivity index (χ1) is 8.91. The molecule has 1 fully saturated rings. The van der Waals surface area contributed by atoms with Crippen LogP contribution < -0.4 is 0 Å². The van der Waals surface area contributed by atoms with Crippen LogP contribution in [0.5, 0.6) is 5.75 Å². The molecule has 2 rings (SSSR count). The molecule has 0 atom stereocenters. The number of hydrogen-bond donors (Lipinski definition) is 1. The fourth-order valence-corrected chi connectivity index (χ4v) is 1.92. The van der Waals surface area contributed by atoms with Crippen molar-refractivity contribution in [2.24, 2.45) is 0 Å². The molecule has 1 N–H and O–H groups in total. The van der Waals surface area contributed by atoms with Gasteiger partial charge >= 0.3 is 0 Å². The molecule has 6 heteroatoms. The van der Waals surface area contributed by atoms with Crippen LogP contribution >= 0.6 is 12.2 Å². The zero-order valence-electron chi connectivity index (χ0n) is 10.5. The van der Waals surface area contributed by atoms with Gasteiger partial charge in [-0.1, -0.05) is 12.1 Å². The highest BCUT2D eigenvalue weighted by Crippen LogP contribution is 2.19. The number of benzene rings is 1. The molecular formula is C13H12N2O3S. The highest BCUT2D eigenvalue weighted by atomic mass is 32.1. The summed E-state index contributed by atoms with van der Waals surface area (Å²) in [5.41, 5.74) is 0.593. The second-order valence-electron chi connectivity index (χ2n) is 4.16. The van der Waals surface area contributed by atoms with Crippen LogP contribution in [-0.2, 0) is 9.59 Å². The fourth-order valence-electron chi connectivity index (χ4n) is 1.76. The zero-order chi connectivity index (χ0) is 14.2. The van der Waals surface area contributed by atoms with Crippen LogP contribution in [0.4, 0.5) is 0 Å². The lowest BCUT2D eigenvalue weighted by Gasteiger charge is -2.31. The lowest BCUT2D eigenvalue weighted by Crippen LogP contribution is -2.52. The van der Waals surface area contributed by atoms with E-state index in [-0.39, 0.29) is 16.4 Å². The maximum Gasteiger partial charge on any atom is 0.265 e. The number of likely N-dealkylation sites (N-methyl/N-ethyl adjacent to an activating group) is 2. The lowest BCUT2D eigenvalue weighted by atomic mass is 10.1. The van der Waals surface area contributed by atoms with E-state index >= 15 is 0 Å². The summed E-state index contributed by atoms with van der Waals surface area (Å²) in [5, 5.41) is 9.55. The second-order valence-corrected chi connectivity index (χ2v) is 4.53. The number of amides is 2. The fraction of sp³-hybridized carbons (Fsp3) is 0.154. The van der Waals surface area contributed by atoms with Crippen LogP contribution in [0.2, 0.25) is 0 Å².